The van der Waals surface area contributed by atoms with E-state index in [0.29, 0.717) is 17.0 Å². The Morgan fingerprint density at radius 3 is 2.90 bits per heavy atom. The van der Waals surface area contributed by atoms with E-state index < -0.39 is 0 Å². The molecule has 0 spiro atoms. The molecule has 0 amide bonds. The number of rotatable bonds is 6. The molecule has 1 aliphatic heterocycles. The van der Waals surface area contributed by atoms with Crippen LogP contribution in [0, 0.1) is 0 Å². The first-order chi connectivity index (χ1) is 9.63. The highest BCUT2D eigenvalue weighted by Crippen LogP contribution is 2.30. The molecule has 0 bridgehead atoms. The number of unbranched alkanes of at least 4 members (excludes halogenated alkanes) is 3. The number of halogens is 2. The predicted octanol–water partition coefficient (Wildman–Crippen LogP) is 4.58. The number of hydrogen-bond acceptors (Lipinski definition) is 3. The normalized spacial score (nSPS) is 18.4. The molecule has 0 aliphatic carbocycles. The molecule has 3 nitrogen and oxygen atoms in total. The first-order valence-corrected chi connectivity index (χ1v) is 8.34. The lowest BCUT2D eigenvalue weighted by Crippen LogP contribution is -2.40. The Balaban J connectivity index is 2.05. The molecule has 0 saturated heterocycles. The van der Waals surface area contributed by atoms with E-state index in [9.17, 15) is 0 Å². The van der Waals surface area contributed by atoms with Crippen LogP contribution in [0.25, 0.3) is 0 Å². The molecule has 1 atom stereocenters. The summed E-state index contributed by atoms with van der Waals surface area (Å²) in [5.41, 5.74) is 7.10. The molecule has 1 heterocycles. The molecule has 0 fully saturated rings. The second kappa shape index (κ2) is 7.32. The van der Waals surface area contributed by atoms with Crippen molar-refractivity contribution in [3.63, 3.8) is 0 Å². The van der Waals surface area contributed by atoms with Gasteiger partial charge in [-0.15, -0.1) is 0 Å². The van der Waals surface area contributed by atoms with Crippen molar-refractivity contribution in [3.05, 3.63) is 27.7 Å². The van der Waals surface area contributed by atoms with Gasteiger partial charge in [0.2, 0.25) is 0 Å². The number of nitrogens with zero attached hydrogens (tertiary/aromatic N) is 2. The lowest BCUT2D eigenvalue weighted by atomic mass is 10.1. The van der Waals surface area contributed by atoms with Crippen molar-refractivity contribution in [2.45, 2.75) is 45.1 Å². The van der Waals surface area contributed by atoms with Gasteiger partial charge in [-0.25, -0.2) is 0 Å². The zero-order chi connectivity index (χ0) is 14.5. The predicted molar refractivity (Wildman–Crippen MR) is 90.7 cm³/mol. The molecule has 20 heavy (non-hydrogen) atoms. The van der Waals surface area contributed by atoms with E-state index in [1.54, 1.807) is 0 Å². The third-order valence-electron chi connectivity index (χ3n) is 3.65. The van der Waals surface area contributed by atoms with Crippen LogP contribution >= 0.6 is 27.5 Å². The minimum Gasteiger partial charge on any atom is -0.370 e. The van der Waals surface area contributed by atoms with Gasteiger partial charge in [0.25, 0.3) is 0 Å². The van der Waals surface area contributed by atoms with Crippen molar-refractivity contribution >= 4 is 39.2 Å². The van der Waals surface area contributed by atoms with E-state index in [1.165, 1.54) is 25.7 Å². The maximum Gasteiger partial charge on any atom is 0.196 e. The standard InChI is InChI=1S/C15H21BrClN3/c1-2-3-4-5-6-12-10-19-15(18)20(12)11-7-8-14(17)13(16)9-11/h7-9,12H,2-6,10H2,1H3,(H2,18,19). The molecule has 0 saturated carbocycles. The summed E-state index contributed by atoms with van der Waals surface area (Å²) in [5.74, 6) is 0.611. The molecule has 0 aromatic heterocycles. The quantitative estimate of drug-likeness (QED) is 0.756. The number of benzene rings is 1. The van der Waals surface area contributed by atoms with Crippen LogP contribution in [0.1, 0.15) is 39.0 Å². The maximum absolute atomic E-state index is 6.05. The summed E-state index contributed by atoms with van der Waals surface area (Å²) in [6.45, 7) is 3.02. The highest BCUT2D eigenvalue weighted by atomic mass is 79.9. The number of anilines is 1. The van der Waals surface area contributed by atoms with Gasteiger partial charge in [0.05, 0.1) is 17.6 Å². The molecule has 2 rings (SSSR count). The average molecular weight is 359 g/mol. The van der Waals surface area contributed by atoms with Crippen LogP contribution in [-0.4, -0.2) is 18.5 Å². The Morgan fingerprint density at radius 1 is 1.40 bits per heavy atom. The molecular weight excluding hydrogens is 338 g/mol. The molecular formula is C15H21BrClN3. The monoisotopic (exact) mass is 357 g/mol. The minimum absolute atomic E-state index is 0.375. The second-order valence-corrected chi connectivity index (χ2v) is 6.43. The molecule has 110 valence electrons. The smallest absolute Gasteiger partial charge is 0.196 e. The third kappa shape index (κ3) is 3.67. The first kappa shape index (κ1) is 15.6. The van der Waals surface area contributed by atoms with E-state index in [2.05, 4.69) is 32.7 Å². The maximum atomic E-state index is 6.05. The number of guanidine groups is 1. The fraction of sp³-hybridized carbons (Fsp3) is 0.533. The molecule has 1 aliphatic rings. The number of hydrogen-bond donors (Lipinski definition) is 1. The SMILES string of the molecule is CCCCCCC1CN=C(N)N1c1ccc(Cl)c(Br)c1. The van der Waals surface area contributed by atoms with E-state index in [-0.39, 0.29) is 0 Å². The van der Waals surface area contributed by atoms with E-state index in [4.69, 9.17) is 17.3 Å². The van der Waals surface area contributed by atoms with E-state index in [1.807, 2.05) is 18.2 Å². The highest BCUT2D eigenvalue weighted by Gasteiger charge is 2.27. The molecule has 1 aromatic rings. The van der Waals surface area contributed by atoms with Gasteiger partial charge in [-0.2, -0.15) is 0 Å². The van der Waals surface area contributed by atoms with Crippen LogP contribution in [0.15, 0.2) is 27.7 Å². The van der Waals surface area contributed by atoms with E-state index in [0.717, 1.165) is 23.1 Å². The Labute approximate surface area is 134 Å². The summed E-state index contributed by atoms with van der Waals surface area (Å²) in [6.07, 6.45) is 6.20. The van der Waals surface area contributed by atoms with Crippen LogP contribution < -0.4 is 10.6 Å². The average Bonchev–Trinajstić information content (AvgIpc) is 2.79. The Hall–Kier alpha value is -0.740. The molecule has 1 unspecified atom stereocenters. The van der Waals surface area contributed by atoms with Crippen molar-refractivity contribution in [3.8, 4) is 0 Å². The molecule has 5 heteroatoms. The van der Waals surface area contributed by atoms with E-state index >= 15 is 0 Å². The Bertz CT molecular complexity index is 490. The highest BCUT2D eigenvalue weighted by molar-refractivity contribution is 9.10. The van der Waals surface area contributed by atoms with Crippen molar-refractivity contribution in [1.29, 1.82) is 0 Å². The zero-order valence-corrected chi connectivity index (χ0v) is 14.1. The number of nitrogens with two attached hydrogens (primary N) is 1. The third-order valence-corrected chi connectivity index (χ3v) is 4.86. The number of aliphatic imine (C=N–C) groups is 1. The molecule has 0 radical (unpaired) electrons. The van der Waals surface area contributed by atoms with Crippen LogP contribution in [0.3, 0.4) is 0 Å². The van der Waals surface area contributed by atoms with Gasteiger partial charge in [0.15, 0.2) is 5.96 Å². The van der Waals surface area contributed by atoms with Crippen LogP contribution in [0.2, 0.25) is 5.02 Å². The summed E-state index contributed by atoms with van der Waals surface area (Å²) >= 11 is 9.52. The summed E-state index contributed by atoms with van der Waals surface area (Å²) in [7, 11) is 0. The Kier molecular flexibility index (Phi) is 5.73. The molecule has 1 aromatic carbocycles. The van der Waals surface area contributed by atoms with Crippen LogP contribution in [0.5, 0.6) is 0 Å². The van der Waals surface area contributed by atoms with Gasteiger partial charge in [-0.1, -0.05) is 44.2 Å². The van der Waals surface area contributed by atoms with Gasteiger partial charge in [0.1, 0.15) is 0 Å². The minimum atomic E-state index is 0.375. The topological polar surface area (TPSA) is 41.6 Å². The fourth-order valence-electron chi connectivity index (χ4n) is 2.55. The van der Waals surface area contributed by atoms with Gasteiger partial charge < -0.3 is 10.6 Å². The van der Waals surface area contributed by atoms with Crippen LogP contribution in [0.4, 0.5) is 5.69 Å². The largest absolute Gasteiger partial charge is 0.370 e. The van der Waals surface area contributed by atoms with Crippen molar-refractivity contribution in [2.24, 2.45) is 10.7 Å². The molecule has 2 N–H and O–H groups in total. The fourth-order valence-corrected chi connectivity index (χ4v) is 3.03. The zero-order valence-electron chi connectivity index (χ0n) is 11.8. The van der Waals surface area contributed by atoms with Crippen molar-refractivity contribution in [1.82, 2.24) is 0 Å². The van der Waals surface area contributed by atoms with Crippen molar-refractivity contribution < 1.29 is 0 Å². The van der Waals surface area contributed by atoms with Gasteiger partial charge >= 0.3 is 0 Å². The van der Waals surface area contributed by atoms with Gasteiger partial charge in [-0.05, 0) is 40.5 Å². The summed E-state index contributed by atoms with van der Waals surface area (Å²) in [6, 6.07) is 6.27. The summed E-state index contributed by atoms with van der Waals surface area (Å²) in [4.78, 5) is 6.53. The summed E-state index contributed by atoms with van der Waals surface area (Å²) in [5, 5.41) is 0.711. The first-order valence-electron chi connectivity index (χ1n) is 7.17. The Morgan fingerprint density at radius 2 is 2.20 bits per heavy atom. The van der Waals surface area contributed by atoms with Gasteiger partial charge in [0, 0.05) is 10.2 Å². The second-order valence-electron chi connectivity index (χ2n) is 5.17. The van der Waals surface area contributed by atoms with Crippen LogP contribution in [-0.2, 0) is 0 Å². The lowest BCUT2D eigenvalue weighted by Gasteiger charge is -2.26. The lowest BCUT2D eigenvalue weighted by molar-refractivity contribution is 0.565. The van der Waals surface area contributed by atoms with Gasteiger partial charge in [-0.3, -0.25) is 4.99 Å². The summed E-state index contributed by atoms with van der Waals surface area (Å²) < 4.78 is 0.890. The van der Waals surface area contributed by atoms with Crippen molar-refractivity contribution in [2.75, 3.05) is 11.4 Å².